The number of ether oxygens (including phenoxy) is 1. The minimum absolute atomic E-state index is 0.882. The SMILES string of the molecule is COc1ccc(Sc2cc(-c3c(C)nc4n3CCCC4)c[nH]2)cc1. The Morgan fingerprint density at radius 3 is 2.83 bits per heavy atom. The molecule has 124 valence electrons. The third kappa shape index (κ3) is 2.84. The van der Waals surface area contributed by atoms with Crippen LogP contribution in [0.15, 0.2) is 46.5 Å². The molecule has 0 aliphatic carbocycles. The Balaban J connectivity index is 1.60. The van der Waals surface area contributed by atoms with E-state index in [1.807, 2.05) is 12.1 Å². The molecule has 3 heterocycles. The fraction of sp³-hybridized carbons (Fsp3) is 0.316. The van der Waals surface area contributed by atoms with Crippen molar-refractivity contribution in [1.29, 1.82) is 0 Å². The third-order valence-electron chi connectivity index (χ3n) is 4.47. The standard InChI is InChI=1S/C19H21N3OS/c1-13-19(22-10-4-3-5-17(22)21-13)14-11-18(20-12-14)24-16-8-6-15(23-2)7-9-16/h6-9,11-12,20H,3-5,10H2,1-2H3. The lowest BCUT2D eigenvalue weighted by atomic mass is 10.1. The molecule has 3 aromatic rings. The molecule has 0 radical (unpaired) electrons. The highest BCUT2D eigenvalue weighted by Crippen LogP contribution is 2.34. The Morgan fingerprint density at radius 1 is 1.21 bits per heavy atom. The summed E-state index contributed by atoms with van der Waals surface area (Å²) in [6.07, 6.45) is 5.69. The molecule has 4 nitrogen and oxygen atoms in total. The van der Waals surface area contributed by atoms with Crippen LogP contribution in [-0.4, -0.2) is 21.6 Å². The van der Waals surface area contributed by atoms with Crippen LogP contribution in [-0.2, 0) is 13.0 Å². The second-order valence-corrected chi connectivity index (χ2v) is 7.22. The highest BCUT2D eigenvalue weighted by atomic mass is 32.2. The van der Waals surface area contributed by atoms with E-state index < -0.39 is 0 Å². The quantitative estimate of drug-likeness (QED) is 0.750. The van der Waals surface area contributed by atoms with Crippen molar-refractivity contribution in [3.05, 3.63) is 48.0 Å². The van der Waals surface area contributed by atoms with Crippen LogP contribution in [0.3, 0.4) is 0 Å². The van der Waals surface area contributed by atoms with Gasteiger partial charge in [0, 0.05) is 29.6 Å². The second kappa shape index (κ2) is 6.40. The van der Waals surface area contributed by atoms with E-state index in [4.69, 9.17) is 9.72 Å². The molecule has 1 aliphatic rings. The Bertz CT molecular complexity index is 848. The van der Waals surface area contributed by atoms with Crippen molar-refractivity contribution < 1.29 is 4.74 Å². The highest BCUT2D eigenvalue weighted by molar-refractivity contribution is 7.99. The summed E-state index contributed by atoms with van der Waals surface area (Å²) in [6.45, 7) is 3.20. The zero-order valence-electron chi connectivity index (χ0n) is 14.0. The molecule has 0 bridgehead atoms. The van der Waals surface area contributed by atoms with Gasteiger partial charge in [0.1, 0.15) is 11.6 Å². The molecule has 0 atom stereocenters. The lowest BCUT2D eigenvalue weighted by molar-refractivity contribution is 0.414. The molecule has 5 heteroatoms. The van der Waals surface area contributed by atoms with Gasteiger partial charge in [-0.15, -0.1) is 0 Å². The molecule has 0 saturated carbocycles. The van der Waals surface area contributed by atoms with Crippen LogP contribution in [0.25, 0.3) is 11.3 Å². The van der Waals surface area contributed by atoms with Crippen molar-refractivity contribution >= 4 is 11.8 Å². The molecular weight excluding hydrogens is 318 g/mol. The number of hydrogen-bond donors (Lipinski definition) is 1. The first-order valence-corrected chi connectivity index (χ1v) is 9.13. The molecule has 0 unspecified atom stereocenters. The van der Waals surface area contributed by atoms with E-state index in [1.165, 1.54) is 34.8 Å². The number of aryl methyl sites for hydroxylation is 2. The molecule has 1 aliphatic heterocycles. The number of H-pyrrole nitrogens is 1. The second-order valence-electron chi connectivity index (χ2n) is 6.10. The van der Waals surface area contributed by atoms with E-state index in [1.54, 1.807) is 18.9 Å². The fourth-order valence-corrected chi connectivity index (χ4v) is 4.15. The minimum Gasteiger partial charge on any atom is -0.497 e. The van der Waals surface area contributed by atoms with Crippen molar-refractivity contribution in [2.45, 2.75) is 42.7 Å². The van der Waals surface area contributed by atoms with E-state index in [2.05, 4.69) is 40.9 Å². The van der Waals surface area contributed by atoms with Crippen molar-refractivity contribution in [3.8, 4) is 17.0 Å². The molecule has 1 aromatic carbocycles. The third-order valence-corrected chi connectivity index (χ3v) is 5.43. The van der Waals surface area contributed by atoms with Crippen molar-refractivity contribution in [2.24, 2.45) is 0 Å². The predicted octanol–water partition coefficient (Wildman–Crippen LogP) is 4.68. The number of aromatic nitrogens is 3. The van der Waals surface area contributed by atoms with Gasteiger partial charge in [0.25, 0.3) is 0 Å². The molecule has 24 heavy (non-hydrogen) atoms. The zero-order valence-corrected chi connectivity index (χ0v) is 14.8. The van der Waals surface area contributed by atoms with Crippen LogP contribution >= 0.6 is 11.8 Å². The first-order valence-electron chi connectivity index (χ1n) is 8.31. The molecule has 0 saturated heterocycles. The maximum Gasteiger partial charge on any atom is 0.118 e. The summed E-state index contributed by atoms with van der Waals surface area (Å²) in [5, 5.41) is 1.14. The minimum atomic E-state index is 0.882. The molecule has 0 amide bonds. The number of methoxy groups -OCH3 is 1. The smallest absolute Gasteiger partial charge is 0.118 e. The van der Waals surface area contributed by atoms with Gasteiger partial charge in [-0.1, -0.05) is 11.8 Å². The number of nitrogens with one attached hydrogen (secondary N) is 1. The van der Waals surface area contributed by atoms with Gasteiger partial charge in [-0.2, -0.15) is 0 Å². The van der Waals surface area contributed by atoms with Crippen LogP contribution in [0, 0.1) is 6.92 Å². The van der Waals surface area contributed by atoms with Crippen molar-refractivity contribution in [3.63, 3.8) is 0 Å². The number of imidazole rings is 1. The van der Waals surface area contributed by atoms with Crippen LogP contribution < -0.4 is 4.74 Å². The first kappa shape index (κ1) is 15.4. The number of benzene rings is 1. The molecule has 0 spiro atoms. The van der Waals surface area contributed by atoms with Gasteiger partial charge in [-0.05, 0) is 50.1 Å². The zero-order chi connectivity index (χ0) is 16.5. The Labute approximate surface area is 146 Å². The van der Waals surface area contributed by atoms with Crippen LogP contribution in [0.5, 0.6) is 5.75 Å². The number of aromatic amines is 1. The Hall–Kier alpha value is -2.14. The van der Waals surface area contributed by atoms with Gasteiger partial charge in [0.15, 0.2) is 0 Å². The maximum absolute atomic E-state index is 5.21. The summed E-state index contributed by atoms with van der Waals surface area (Å²) in [5.74, 6) is 2.12. The van der Waals surface area contributed by atoms with Crippen LogP contribution in [0.1, 0.15) is 24.4 Å². The summed E-state index contributed by atoms with van der Waals surface area (Å²) < 4.78 is 7.60. The van der Waals surface area contributed by atoms with Gasteiger partial charge >= 0.3 is 0 Å². The van der Waals surface area contributed by atoms with Gasteiger partial charge < -0.3 is 14.3 Å². The maximum atomic E-state index is 5.21. The topological polar surface area (TPSA) is 42.8 Å². The summed E-state index contributed by atoms with van der Waals surface area (Å²) in [4.78, 5) is 9.35. The lowest BCUT2D eigenvalue weighted by Gasteiger charge is -2.15. The lowest BCUT2D eigenvalue weighted by Crippen LogP contribution is -2.11. The van der Waals surface area contributed by atoms with Gasteiger partial charge in [0.2, 0.25) is 0 Å². The average molecular weight is 339 g/mol. The Morgan fingerprint density at radius 2 is 2.04 bits per heavy atom. The summed E-state index contributed by atoms with van der Waals surface area (Å²) in [6, 6.07) is 10.4. The normalized spacial score (nSPS) is 13.8. The first-order chi connectivity index (χ1) is 11.7. The van der Waals surface area contributed by atoms with Gasteiger partial charge in [0.05, 0.1) is 23.5 Å². The molecule has 0 fully saturated rings. The number of hydrogen-bond acceptors (Lipinski definition) is 3. The molecule has 1 N–H and O–H groups in total. The molecular formula is C19H21N3OS. The monoisotopic (exact) mass is 339 g/mol. The summed E-state index contributed by atoms with van der Waals surface area (Å²) >= 11 is 1.73. The van der Waals surface area contributed by atoms with Gasteiger partial charge in [-0.3, -0.25) is 0 Å². The van der Waals surface area contributed by atoms with Crippen molar-refractivity contribution in [1.82, 2.24) is 14.5 Å². The number of rotatable bonds is 4. The molecule has 2 aromatic heterocycles. The summed E-state index contributed by atoms with van der Waals surface area (Å²) in [7, 11) is 1.69. The van der Waals surface area contributed by atoms with Crippen molar-refractivity contribution in [2.75, 3.05) is 7.11 Å². The van der Waals surface area contributed by atoms with Gasteiger partial charge in [-0.25, -0.2) is 4.98 Å². The number of nitrogens with zero attached hydrogens (tertiary/aromatic N) is 2. The molecule has 4 rings (SSSR count). The summed E-state index contributed by atoms with van der Waals surface area (Å²) in [5.41, 5.74) is 3.62. The fourth-order valence-electron chi connectivity index (χ4n) is 3.32. The van der Waals surface area contributed by atoms with E-state index >= 15 is 0 Å². The van der Waals surface area contributed by atoms with E-state index in [9.17, 15) is 0 Å². The van der Waals surface area contributed by atoms with E-state index in [-0.39, 0.29) is 0 Å². The predicted molar refractivity (Wildman–Crippen MR) is 96.8 cm³/mol. The van der Waals surface area contributed by atoms with E-state index in [0.29, 0.717) is 0 Å². The average Bonchev–Trinajstić information content (AvgIpc) is 3.18. The van der Waals surface area contributed by atoms with Crippen LogP contribution in [0.2, 0.25) is 0 Å². The largest absolute Gasteiger partial charge is 0.497 e. The number of fused-ring (bicyclic) bond motifs is 1. The Kier molecular flexibility index (Phi) is 4.10. The highest BCUT2D eigenvalue weighted by Gasteiger charge is 2.19. The van der Waals surface area contributed by atoms with Crippen LogP contribution in [0.4, 0.5) is 0 Å². The van der Waals surface area contributed by atoms with E-state index in [0.717, 1.165) is 29.4 Å².